The van der Waals surface area contributed by atoms with Gasteiger partial charge >= 0.3 is 0 Å². The summed E-state index contributed by atoms with van der Waals surface area (Å²) in [6, 6.07) is 5.53. The van der Waals surface area contributed by atoms with Crippen LogP contribution in [0.5, 0.6) is 5.75 Å². The number of aromatic hydroxyl groups is 1. The Balaban J connectivity index is 2.72. The summed E-state index contributed by atoms with van der Waals surface area (Å²) in [6.45, 7) is 0. The first-order chi connectivity index (χ1) is 5.74. The number of halogens is 2. The monoisotopic (exact) mass is 248 g/mol. The zero-order valence-corrected chi connectivity index (χ0v) is 8.90. The third kappa shape index (κ3) is 2.68. The van der Waals surface area contributed by atoms with Crippen molar-refractivity contribution in [2.75, 3.05) is 5.88 Å². The Morgan fingerprint density at radius 3 is 2.75 bits per heavy atom. The summed E-state index contributed by atoms with van der Waals surface area (Å²) in [5, 5.41) is 9.44. The molecule has 0 aliphatic heterocycles. The van der Waals surface area contributed by atoms with Crippen molar-refractivity contribution < 1.29 is 5.11 Å². The van der Waals surface area contributed by atoms with Crippen molar-refractivity contribution >= 4 is 27.5 Å². The fraction of sp³-hybridized carbons (Fsp3) is 0.333. The van der Waals surface area contributed by atoms with E-state index in [2.05, 4.69) is 15.9 Å². The van der Waals surface area contributed by atoms with Crippen molar-refractivity contribution in [3.8, 4) is 5.75 Å². The van der Waals surface area contributed by atoms with E-state index in [-0.39, 0.29) is 0 Å². The van der Waals surface area contributed by atoms with Crippen LogP contribution in [0.4, 0.5) is 0 Å². The van der Waals surface area contributed by atoms with Gasteiger partial charge in [-0.25, -0.2) is 0 Å². The topological polar surface area (TPSA) is 20.2 Å². The Hall–Kier alpha value is -0.210. The zero-order chi connectivity index (χ0) is 8.97. The van der Waals surface area contributed by atoms with Crippen LogP contribution < -0.4 is 0 Å². The second kappa shape index (κ2) is 4.73. The molecule has 1 aromatic carbocycles. The molecule has 3 heteroatoms. The molecule has 0 amide bonds. The number of phenolic OH excluding ortho intramolecular Hbond substituents is 1. The molecule has 1 N–H and O–H groups in total. The Labute approximate surface area is 85.5 Å². The Morgan fingerprint density at radius 1 is 1.42 bits per heavy atom. The molecule has 12 heavy (non-hydrogen) atoms. The van der Waals surface area contributed by atoms with Crippen LogP contribution in [-0.4, -0.2) is 11.0 Å². The van der Waals surface area contributed by atoms with E-state index in [1.165, 1.54) is 0 Å². The second-order valence-corrected chi connectivity index (χ2v) is 3.86. The molecule has 0 saturated heterocycles. The fourth-order valence-corrected chi connectivity index (χ4v) is 1.49. The largest absolute Gasteiger partial charge is 0.508 e. The number of benzene rings is 1. The number of hydrogen-bond acceptors (Lipinski definition) is 1. The Kier molecular flexibility index (Phi) is 3.89. The van der Waals surface area contributed by atoms with E-state index in [4.69, 9.17) is 11.6 Å². The van der Waals surface area contributed by atoms with E-state index < -0.39 is 0 Å². The molecule has 1 nitrogen and oxygen atoms in total. The quantitative estimate of drug-likeness (QED) is 0.815. The maximum Gasteiger partial charge on any atom is 0.119 e. The van der Waals surface area contributed by atoms with Gasteiger partial charge in [0.05, 0.1) is 0 Å². The molecule has 0 heterocycles. The smallest absolute Gasteiger partial charge is 0.119 e. The van der Waals surface area contributed by atoms with Crippen molar-refractivity contribution in [3.05, 3.63) is 28.2 Å². The van der Waals surface area contributed by atoms with E-state index in [0.717, 1.165) is 22.9 Å². The van der Waals surface area contributed by atoms with E-state index in [9.17, 15) is 5.11 Å². The molecule has 0 atom stereocenters. The first-order valence-electron chi connectivity index (χ1n) is 3.77. The molecule has 0 aliphatic carbocycles. The van der Waals surface area contributed by atoms with E-state index >= 15 is 0 Å². The standard InChI is InChI=1S/C9H10BrClO/c10-8-4-3-7(2-1-5-11)9(12)6-8/h3-4,6,12H,1-2,5H2. The van der Waals surface area contributed by atoms with Crippen LogP contribution in [0, 0.1) is 0 Å². The minimum atomic E-state index is 0.342. The third-order valence-corrected chi connectivity index (χ3v) is 2.39. The van der Waals surface area contributed by atoms with Gasteiger partial charge in [-0.2, -0.15) is 0 Å². The number of hydrogen-bond donors (Lipinski definition) is 1. The normalized spacial score (nSPS) is 10.2. The lowest BCUT2D eigenvalue weighted by Gasteiger charge is -2.02. The van der Waals surface area contributed by atoms with Crippen LogP contribution >= 0.6 is 27.5 Å². The maximum absolute atomic E-state index is 9.44. The zero-order valence-electron chi connectivity index (χ0n) is 6.56. The average Bonchev–Trinajstić information content (AvgIpc) is 2.03. The second-order valence-electron chi connectivity index (χ2n) is 2.57. The van der Waals surface area contributed by atoms with Crippen molar-refractivity contribution in [1.82, 2.24) is 0 Å². The SMILES string of the molecule is Oc1cc(Br)ccc1CCCCl. The molecule has 0 bridgehead atoms. The van der Waals surface area contributed by atoms with Gasteiger partial charge in [0, 0.05) is 10.4 Å². The molecule has 0 spiro atoms. The maximum atomic E-state index is 9.44. The molecule has 0 saturated carbocycles. The Bertz CT molecular complexity index is 263. The van der Waals surface area contributed by atoms with Crippen LogP contribution in [0.2, 0.25) is 0 Å². The average molecular weight is 250 g/mol. The number of rotatable bonds is 3. The number of alkyl halides is 1. The summed E-state index contributed by atoms with van der Waals surface area (Å²) in [5.41, 5.74) is 0.957. The third-order valence-electron chi connectivity index (χ3n) is 1.63. The molecule has 0 unspecified atom stereocenters. The van der Waals surface area contributed by atoms with Gasteiger partial charge in [0.25, 0.3) is 0 Å². The van der Waals surface area contributed by atoms with Gasteiger partial charge in [0.1, 0.15) is 5.75 Å². The summed E-state index contributed by atoms with van der Waals surface area (Å²) in [5.74, 6) is 0.977. The lowest BCUT2D eigenvalue weighted by Crippen LogP contribution is -1.86. The Morgan fingerprint density at radius 2 is 2.17 bits per heavy atom. The van der Waals surface area contributed by atoms with Gasteiger partial charge in [0.15, 0.2) is 0 Å². The van der Waals surface area contributed by atoms with Gasteiger partial charge in [0.2, 0.25) is 0 Å². The van der Waals surface area contributed by atoms with Gasteiger partial charge < -0.3 is 5.11 Å². The van der Waals surface area contributed by atoms with Crippen LogP contribution in [0.15, 0.2) is 22.7 Å². The van der Waals surface area contributed by atoms with Gasteiger partial charge in [-0.15, -0.1) is 11.6 Å². The molecule has 0 radical (unpaired) electrons. The van der Waals surface area contributed by atoms with Crippen molar-refractivity contribution in [2.24, 2.45) is 0 Å². The van der Waals surface area contributed by atoms with Gasteiger partial charge in [-0.05, 0) is 30.5 Å². The highest BCUT2D eigenvalue weighted by molar-refractivity contribution is 9.10. The summed E-state index contributed by atoms with van der Waals surface area (Å²) in [7, 11) is 0. The molecule has 66 valence electrons. The van der Waals surface area contributed by atoms with Crippen LogP contribution in [0.1, 0.15) is 12.0 Å². The molecule has 1 aromatic rings. The van der Waals surface area contributed by atoms with E-state index in [0.29, 0.717) is 11.6 Å². The van der Waals surface area contributed by atoms with Crippen LogP contribution in [-0.2, 0) is 6.42 Å². The van der Waals surface area contributed by atoms with E-state index in [1.807, 2.05) is 12.1 Å². The summed E-state index contributed by atoms with van der Waals surface area (Å²) in [6.07, 6.45) is 1.74. The van der Waals surface area contributed by atoms with Crippen molar-refractivity contribution in [3.63, 3.8) is 0 Å². The molecule has 0 aromatic heterocycles. The highest BCUT2D eigenvalue weighted by Crippen LogP contribution is 2.23. The molecular weight excluding hydrogens is 239 g/mol. The predicted molar refractivity (Wildman–Crippen MR) is 54.8 cm³/mol. The van der Waals surface area contributed by atoms with Gasteiger partial charge in [-0.3, -0.25) is 0 Å². The molecular formula is C9H10BrClO. The van der Waals surface area contributed by atoms with Crippen molar-refractivity contribution in [1.29, 1.82) is 0 Å². The summed E-state index contributed by atoms with van der Waals surface area (Å²) >= 11 is 8.82. The minimum Gasteiger partial charge on any atom is -0.508 e. The first-order valence-corrected chi connectivity index (χ1v) is 5.10. The van der Waals surface area contributed by atoms with Gasteiger partial charge in [-0.1, -0.05) is 22.0 Å². The van der Waals surface area contributed by atoms with Crippen LogP contribution in [0.3, 0.4) is 0 Å². The lowest BCUT2D eigenvalue weighted by atomic mass is 10.1. The summed E-state index contributed by atoms with van der Waals surface area (Å²) < 4.78 is 0.898. The van der Waals surface area contributed by atoms with Crippen LogP contribution in [0.25, 0.3) is 0 Å². The van der Waals surface area contributed by atoms with Crippen molar-refractivity contribution in [2.45, 2.75) is 12.8 Å². The number of phenols is 1. The number of aryl methyl sites for hydroxylation is 1. The molecule has 1 rings (SSSR count). The molecule has 0 fully saturated rings. The predicted octanol–water partition coefficient (Wildman–Crippen LogP) is 3.33. The fourth-order valence-electron chi connectivity index (χ4n) is 1.01. The lowest BCUT2D eigenvalue weighted by molar-refractivity contribution is 0.467. The summed E-state index contributed by atoms with van der Waals surface area (Å²) in [4.78, 5) is 0. The highest BCUT2D eigenvalue weighted by atomic mass is 79.9. The van der Waals surface area contributed by atoms with E-state index in [1.54, 1.807) is 6.07 Å². The first kappa shape index (κ1) is 9.87. The molecule has 0 aliphatic rings. The minimum absolute atomic E-state index is 0.342. The highest BCUT2D eigenvalue weighted by Gasteiger charge is 2.00.